The zero-order valence-electron chi connectivity index (χ0n) is 22.9. The highest BCUT2D eigenvalue weighted by Crippen LogP contribution is 2.85. The third-order valence-electron chi connectivity index (χ3n) is 6.67. The fraction of sp³-hybridized carbons (Fsp3) is 0.741. The summed E-state index contributed by atoms with van der Waals surface area (Å²) in [6.07, 6.45) is 0. The fourth-order valence-electron chi connectivity index (χ4n) is 6.24. The number of hydrogen-bond acceptors (Lipinski definition) is 6. The Hall–Kier alpha value is -2.11. The van der Waals surface area contributed by atoms with E-state index in [4.69, 9.17) is 14.2 Å². The van der Waals surface area contributed by atoms with Crippen LogP contribution in [0.4, 0.5) is 0 Å². The Morgan fingerprint density at radius 3 is 1.33 bits per heavy atom. The minimum Gasteiger partial charge on any atom is -0.466 e. The summed E-state index contributed by atoms with van der Waals surface area (Å²) in [5.41, 5.74) is -2.80. The van der Waals surface area contributed by atoms with Crippen LogP contribution in [0.1, 0.15) is 83.1 Å². The Morgan fingerprint density at radius 2 is 1.03 bits per heavy atom. The normalized spacial score (nSPS) is 25.6. The molecule has 0 fully saturated rings. The maximum Gasteiger partial charge on any atom is 0.335 e. The number of fused-ring (bicyclic) bond motifs is 1. The fourth-order valence-corrected chi connectivity index (χ4v) is 6.24. The van der Waals surface area contributed by atoms with E-state index in [2.05, 4.69) is 20.8 Å². The second kappa shape index (κ2) is 7.44. The predicted octanol–water partition coefficient (Wildman–Crippen LogP) is 5.41. The zero-order chi connectivity index (χ0) is 26.2. The summed E-state index contributed by atoms with van der Waals surface area (Å²) < 4.78 is 16.3. The van der Waals surface area contributed by atoms with Gasteiger partial charge in [-0.25, -0.2) is 9.59 Å². The molecule has 0 aromatic rings. The van der Waals surface area contributed by atoms with Crippen LogP contribution in [-0.4, -0.2) is 37.7 Å². The van der Waals surface area contributed by atoms with Gasteiger partial charge in [-0.05, 0) is 42.6 Å². The van der Waals surface area contributed by atoms with E-state index in [1.165, 1.54) is 14.2 Å². The maximum atomic E-state index is 14.2. The smallest absolute Gasteiger partial charge is 0.335 e. The summed E-state index contributed by atoms with van der Waals surface area (Å²) in [6.45, 7) is 23.7. The first-order valence-electron chi connectivity index (χ1n) is 11.5. The molecule has 0 radical (unpaired) electrons. The number of carbonyl (C=O) groups excluding carboxylic acids is 3. The van der Waals surface area contributed by atoms with Crippen LogP contribution < -0.4 is 0 Å². The first kappa shape index (κ1) is 27.1. The van der Waals surface area contributed by atoms with E-state index in [1.54, 1.807) is 20.8 Å². The average Bonchev–Trinajstić information content (AvgIpc) is 2.55. The van der Waals surface area contributed by atoms with Gasteiger partial charge in [-0.15, -0.1) is 0 Å². The molecule has 2 rings (SSSR count). The van der Waals surface area contributed by atoms with Gasteiger partial charge in [0.15, 0.2) is 0 Å². The lowest BCUT2D eigenvalue weighted by Gasteiger charge is -2.75. The Bertz CT molecular complexity index is 953. The Kier molecular flexibility index (Phi) is 6.12. The molecule has 33 heavy (non-hydrogen) atoms. The first-order chi connectivity index (χ1) is 14.6. The van der Waals surface area contributed by atoms with Crippen molar-refractivity contribution < 1.29 is 28.6 Å². The maximum absolute atomic E-state index is 14.2. The molecule has 0 bridgehead atoms. The van der Waals surface area contributed by atoms with Crippen molar-refractivity contribution in [3.8, 4) is 0 Å². The zero-order valence-corrected chi connectivity index (χ0v) is 22.9. The van der Waals surface area contributed by atoms with Crippen molar-refractivity contribution in [2.45, 2.75) is 88.7 Å². The van der Waals surface area contributed by atoms with Gasteiger partial charge >= 0.3 is 17.9 Å². The van der Waals surface area contributed by atoms with Crippen molar-refractivity contribution in [3.05, 3.63) is 22.3 Å². The van der Waals surface area contributed by atoms with Crippen LogP contribution in [-0.2, 0) is 28.6 Å². The van der Waals surface area contributed by atoms with Gasteiger partial charge in [-0.1, -0.05) is 67.9 Å². The molecule has 0 N–H and O–H groups in total. The lowest BCUT2D eigenvalue weighted by atomic mass is 9.24. The van der Waals surface area contributed by atoms with Crippen molar-refractivity contribution in [1.29, 1.82) is 0 Å². The lowest BCUT2D eigenvalue weighted by Crippen LogP contribution is -2.77. The minimum atomic E-state index is -1.45. The molecule has 0 saturated heterocycles. The van der Waals surface area contributed by atoms with Crippen LogP contribution in [0.3, 0.4) is 0 Å². The Labute approximate surface area is 199 Å². The predicted molar refractivity (Wildman–Crippen MR) is 127 cm³/mol. The first-order valence-corrected chi connectivity index (χ1v) is 11.5. The van der Waals surface area contributed by atoms with E-state index >= 15 is 0 Å². The lowest BCUT2D eigenvalue weighted by molar-refractivity contribution is -0.189. The molecule has 6 nitrogen and oxygen atoms in total. The van der Waals surface area contributed by atoms with Crippen LogP contribution in [0.2, 0.25) is 0 Å². The molecule has 0 aliphatic heterocycles. The average molecular weight is 463 g/mol. The van der Waals surface area contributed by atoms with Crippen molar-refractivity contribution in [1.82, 2.24) is 0 Å². The molecule has 2 atom stereocenters. The van der Waals surface area contributed by atoms with Gasteiger partial charge in [-0.3, -0.25) is 4.79 Å². The second-order valence-electron chi connectivity index (χ2n) is 13.2. The molecular formula is C27H42O6. The minimum absolute atomic E-state index is 0.0407. The highest BCUT2D eigenvalue weighted by atomic mass is 16.6. The van der Waals surface area contributed by atoms with Crippen LogP contribution in [0.5, 0.6) is 0 Å². The van der Waals surface area contributed by atoms with Crippen molar-refractivity contribution in [2.75, 3.05) is 14.2 Å². The van der Waals surface area contributed by atoms with Crippen LogP contribution >= 0.6 is 0 Å². The van der Waals surface area contributed by atoms with Gasteiger partial charge in [0.1, 0.15) is 11.0 Å². The third kappa shape index (κ3) is 3.38. The molecule has 0 spiro atoms. The van der Waals surface area contributed by atoms with E-state index in [-0.39, 0.29) is 11.1 Å². The highest BCUT2D eigenvalue weighted by molar-refractivity contribution is 6.17. The molecule has 0 amide bonds. The number of allylic oxidation sites excluding steroid dienone is 1. The summed E-state index contributed by atoms with van der Waals surface area (Å²) in [7, 11) is 2.55. The molecule has 186 valence electrons. The largest absolute Gasteiger partial charge is 0.466 e. The molecule has 0 heterocycles. The summed E-state index contributed by atoms with van der Waals surface area (Å²) in [5.74, 6) is -1.87. The van der Waals surface area contributed by atoms with Gasteiger partial charge < -0.3 is 14.2 Å². The summed E-state index contributed by atoms with van der Waals surface area (Å²) >= 11 is 0. The van der Waals surface area contributed by atoms with Gasteiger partial charge in [-0.2, -0.15) is 0 Å². The number of ether oxygens (including phenoxy) is 3. The van der Waals surface area contributed by atoms with E-state index in [9.17, 15) is 14.4 Å². The summed E-state index contributed by atoms with van der Waals surface area (Å²) in [6, 6.07) is 0. The van der Waals surface area contributed by atoms with Gasteiger partial charge in [0.05, 0.1) is 30.8 Å². The Balaban J connectivity index is 3.24. The number of carbonyl (C=O) groups is 3. The Morgan fingerprint density at radius 1 is 0.636 bits per heavy atom. The van der Waals surface area contributed by atoms with E-state index in [1.807, 2.05) is 41.5 Å². The highest BCUT2D eigenvalue weighted by Gasteiger charge is 2.87. The number of rotatable bonds is 3. The number of methoxy groups -OCH3 is 2. The third-order valence-corrected chi connectivity index (χ3v) is 6.67. The summed E-state index contributed by atoms with van der Waals surface area (Å²) in [4.78, 5) is 40.8. The monoisotopic (exact) mass is 462 g/mol. The standard InChI is InChI=1S/C27H42O6/c1-22(2,3)17-18(23(4,5)6)27(24(7,8)9)16(20(29)32-14)15(19(28)31-13)26(17,27)21(30)33-25(10,11)12/h1-14H3/t26-,27+/m0/s1. The van der Waals surface area contributed by atoms with Gasteiger partial charge in [0.2, 0.25) is 0 Å². The van der Waals surface area contributed by atoms with Crippen LogP contribution in [0, 0.1) is 27.1 Å². The van der Waals surface area contributed by atoms with Gasteiger partial charge in [0, 0.05) is 0 Å². The van der Waals surface area contributed by atoms with Gasteiger partial charge in [0.25, 0.3) is 0 Å². The van der Waals surface area contributed by atoms with Crippen molar-refractivity contribution in [2.24, 2.45) is 27.1 Å². The molecule has 0 aromatic carbocycles. The van der Waals surface area contributed by atoms with Crippen molar-refractivity contribution in [3.63, 3.8) is 0 Å². The molecule has 0 saturated carbocycles. The summed E-state index contributed by atoms with van der Waals surface area (Å²) in [5, 5.41) is 0. The second-order valence-corrected chi connectivity index (χ2v) is 13.2. The molecule has 6 heteroatoms. The molecule has 0 unspecified atom stereocenters. The topological polar surface area (TPSA) is 78.9 Å². The van der Waals surface area contributed by atoms with E-state index in [0.29, 0.717) is 0 Å². The number of esters is 3. The van der Waals surface area contributed by atoms with E-state index < -0.39 is 50.6 Å². The SMILES string of the molecule is COC(=O)C1=C(C(=O)OC)[C@]2(C(C)(C)C)C(C(C)(C)C)=C(C(C)(C)C)[C@]12C(=O)OC(C)(C)C. The molecule has 2 aliphatic carbocycles. The van der Waals surface area contributed by atoms with Crippen molar-refractivity contribution >= 4 is 17.9 Å². The quantitative estimate of drug-likeness (QED) is 0.317. The molecule has 0 aromatic heterocycles. The van der Waals surface area contributed by atoms with E-state index in [0.717, 1.165) is 11.1 Å². The van der Waals surface area contributed by atoms with Crippen LogP contribution in [0.15, 0.2) is 22.3 Å². The number of hydrogen-bond donors (Lipinski definition) is 0. The molecular weight excluding hydrogens is 420 g/mol. The van der Waals surface area contributed by atoms with Crippen LogP contribution in [0.25, 0.3) is 0 Å². The molecule has 2 aliphatic rings.